The van der Waals surface area contributed by atoms with Gasteiger partial charge in [-0.25, -0.2) is 0 Å². The van der Waals surface area contributed by atoms with Crippen LogP contribution in [0.5, 0.6) is 5.75 Å². The van der Waals surface area contributed by atoms with Crippen LogP contribution in [0.2, 0.25) is 0 Å². The van der Waals surface area contributed by atoms with E-state index in [0.29, 0.717) is 19.3 Å². The SMILES string of the molecule is CC(C)(C)Oc1ccc(C2CC(=O)CC(=O)C2)cc1.CCC(CO)(CO)CO. The van der Waals surface area contributed by atoms with Crippen molar-refractivity contribution in [3.8, 4) is 5.75 Å². The predicted octanol–water partition coefficient (Wildman–Crippen LogP) is 2.63. The average Bonchev–Trinajstić information content (AvgIpc) is 2.63. The molecule has 0 radical (unpaired) electrons. The summed E-state index contributed by atoms with van der Waals surface area (Å²) in [6.07, 6.45) is 1.66. The summed E-state index contributed by atoms with van der Waals surface area (Å²) in [7, 11) is 0. The number of ether oxygens (including phenoxy) is 1. The average molecular weight is 395 g/mol. The maximum absolute atomic E-state index is 11.5. The van der Waals surface area contributed by atoms with E-state index in [4.69, 9.17) is 20.1 Å². The zero-order valence-electron chi connectivity index (χ0n) is 17.4. The largest absolute Gasteiger partial charge is 0.488 e. The number of hydrogen-bond donors (Lipinski definition) is 3. The lowest BCUT2D eigenvalue weighted by Crippen LogP contribution is -2.32. The van der Waals surface area contributed by atoms with E-state index < -0.39 is 5.41 Å². The summed E-state index contributed by atoms with van der Waals surface area (Å²) in [5, 5.41) is 26.0. The molecule has 0 unspecified atom stereocenters. The van der Waals surface area contributed by atoms with E-state index in [1.54, 1.807) is 0 Å². The summed E-state index contributed by atoms with van der Waals surface area (Å²) in [5.74, 6) is 0.953. The number of carbonyl (C=O) groups excluding carboxylic acids is 2. The summed E-state index contributed by atoms with van der Waals surface area (Å²) in [6, 6.07) is 7.73. The van der Waals surface area contributed by atoms with Crippen molar-refractivity contribution in [3.63, 3.8) is 0 Å². The van der Waals surface area contributed by atoms with Crippen molar-refractivity contribution in [2.75, 3.05) is 19.8 Å². The molecule has 28 heavy (non-hydrogen) atoms. The van der Waals surface area contributed by atoms with Gasteiger partial charge in [0.1, 0.15) is 22.9 Å². The first kappa shape index (κ1) is 24.3. The maximum Gasteiger partial charge on any atom is 0.140 e. The molecule has 2 rings (SSSR count). The van der Waals surface area contributed by atoms with Gasteiger partial charge < -0.3 is 20.1 Å². The molecule has 3 N–H and O–H groups in total. The molecule has 0 aliphatic heterocycles. The number of carbonyl (C=O) groups is 2. The van der Waals surface area contributed by atoms with Crippen LogP contribution in [0.3, 0.4) is 0 Å². The summed E-state index contributed by atoms with van der Waals surface area (Å²) in [6.45, 7) is 7.35. The van der Waals surface area contributed by atoms with Crippen molar-refractivity contribution < 1.29 is 29.6 Å². The zero-order valence-corrected chi connectivity index (χ0v) is 17.4. The lowest BCUT2D eigenvalue weighted by atomic mass is 9.83. The van der Waals surface area contributed by atoms with Gasteiger partial charge in [-0.2, -0.15) is 0 Å². The van der Waals surface area contributed by atoms with E-state index >= 15 is 0 Å². The smallest absolute Gasteiger partial charge is 0.140 e. The normalized spacial score (nSPS) is 15.8. The molecule has 0 aromatic heterocycles. The Morgan fingerprint density at radius 2 is 1.39 bits per heavy atom. The Morgan fingerprint density at radius 3 is 1.71 bits per heavy atom. The van der Waals surface area contributed by atoms with Crippen molar-refractivity contribution in [1.29, 1.82) is 0 Å². The van der Waals surface area contributed by atoms with Crippen LogP contribution in [0.4, 0.5) is 0 Å². The molecule has 0 spiro atoms. The van der Waals surface area contributed by atoms with Gasteiger partial charge in [-0.1, -0.05) is 19.1 Å². The molecule has 158 valence electrons. The fourth-order valence-electron chi connectivity index (χ4n) is 2.87. The molecule has 1 fully saturated rings. The molecule has 6 heteroatoms. The van der Waals surface area contributed by atoms with Gasteiger partial charge in [0.2, 0.25) is 0 Å². The first-order valence-corrected chi connectivity index (χ1v) is 9.73. The first-order valence-electron chi connectivity index (χ1n) is 9.73. The maximum atomic E-state index is 11.5. The van der Waals surface area contributed by atoms with Crippen LogP contribution in [-0.4, -0.2) is 52.3 Å². The standard InChI is InChI=1S/C16H20O3.C6H14O3/c1-16(2,3)19-15-6-4-11(5-7-15)12-8-13(17)10-14(18)9-12;1-2-6(3-7,4-8)5-9/h4-7,12H,8-10H2,1-3H3;7-9H,2-5H2,1H3. The molecule has 1 aliphatic carbocycles. The van der Waals surface area contributed by atoms with Crippen molar-refractivity contribution in [1.82, 2.24) is 0 Å². The summed E-state index contributed by atoms with van der Waals surface area (Å²) in [4.78, 5) is 22.9. The second-order valence-electron chi connectivity index (χ2n) is 8.47. The van der Waals surface area contributed by atoms with Crippen LogP contribution >= 0.6 is 0 Å². The Bertz CT molecular complexity index is 592. The number of benzene rings is 1. The van der Waals surface area contributed by atoms with Gasteiger partial charge in [-0.3, -0.25) is 9.59 Å². The number of hydrogen-bond acceptors (Lipinski definition) is 6. The number of aliphatic hydroxyl groups is 3. The van der Waals surface area contributed by atoms with E-state index in [0.717, 1.165) is 11.3 Å². The minimum atomic E-state index is -0.667. The first-order chi connectivity index (χ1) is 13.1. The molecule has 1 aromatic carbocycles. The third kappa shape index (κ3) is 7.70. The fraction of sp³-hybridized carbons (Fsp3) is 0.636. The second kappa shape index (κ2) is 10.7. The molecule has 6 nitrogen and oxygen atoms in total. The van der Waals surface area contributed by atoms with E-state index in [2.05, 4.69) is 0 Å². The van der Waals surface area contributed by atoms with E-state index in [9.17, 15) is 9.59 Å². The molecule has 1 saturated carbocycles. The number of Topliss-reactive ketones (excluding diaryl/α,β-unsaturated/α-hetero) is 2. The van der Waals surface area contributed by atoms with Crippen LogP contribution in [0, 0.1) is 5.41 Å². The van der Waals surface area contributed by atoms with Crippen LogP contribution in [-0.2, 0) is 9.59 Å². The van der Waals surface area contributed by atoms with Crippen LogP contribution in [0.1, 0.15) is 64.9 Å². The minimum Gasteiger partial charge on any atom is -0.488 e. The molecule has 1 aromatic rings. The molecule has 0 heterocycles. The molecule has 0 amide bonds. The lowest BCUT2D eigenvalue weighted by Gasteiger charge is -2.24. The van der Waals surface area contributed by atoms with Crippen LogP contribution in [0.25, 0.3) is 0 Å². The Morgan fingerprint density at radius 1 is 0.929 bits per heavy atom. The Labute approximate surface area is 167 Å². The lowest BCUT2D eigenvalue weighted by molar-refractivity contribution is -0.130. The molecular formula is C22H34O6. The zero-order chi connectivity index (χ0) is 21.4. The van der Waals surface area contributed by atoms with Crippen molar-refractivity contribution in [2.24, 2.45) is 5.41 Å². The van der Waals surface area contributed by atoms with Gasteiger partial charge in [0.25, 0.3) is 0 Å². The minimum absolute atomic E-state index is 0.0393. The highest BCUT2D eigenvalue weighted by atomic mass is 16.5. The van der Waals surface area contributed by atoms with Gasteiger partial charge in [0.05, 0.1) is 26.2 Å². The van der Waals surface area contributed by atoms with E-state index in [1.807, 2.05) is 52.0 Å². The highest BCUT2D eigenvalue weighted by Gasteiger charge is 2.26. The third-order valence-electron chi connectivity index (χ3n) is 4.87. The van der Waals surface area contributed by atoms with Crippen molar-refractivity contribution in [3.05, 3.63) is 29.8 Å². The van der Waals surface area contributed by atoms with Crippen molar-refractivity contribution >= 4 is 11.6 Å². The summed E-state index contributed by atoms with van der Waals surface area (Å²) < 4.78 is 5.75. The summed E-state index contributed by atoms with van der Waals surface area (Å²) in [5.41, 5.74) is 0.154. The van der Waals surface area contributed by atoms with Crippen LogP contribution < -0.4 is 4.74 Å². The molecule has 1 aliphatic rings. The number of rotatable bonds is 6. The number of ketones is 2. The predicted molar refractivity (Wildman–Crippen MR) is 107 cm³/mol. The monoisotopic (exact) mass is 394 g/mol. The van der Waals surface area contributed by atoms with Crippen LogP contribution in [0.15, 0.2) is 24.3 Å². The van der Waals surface area contributed by atoms with Crippen molar-refractivity contribution in [2.45, 2.75) is 64.9 Å². The highest BCUT2D eigenvalue weighted by Crippen LogP contribution is 2.30. The third-order valence-corrected chi connectivity index (χ3v) is 4.87. The van der Waals surface area contributed by atoms with E-state index in [-0.39, 0.29) is 49.3 Å². The molecule has 0 saturated heterocycles. The Hall–Kier alpha value is -1.76. The van der Waals surface area contributed by atoms with Gasteiger partial charge in [-0.15, -0.1) is 0 Å². The molecular weight excluding hydrogens is 360 g/mol. The van der Waals surface area contributed by atoms with Gasteiger partial charge in [0, 0.05) is 18.3 Å². The molecule has 0 bridgehead atoms. The van der Waals surface area contributed by atoms with E-state index in [1.165, 1.54) is 0 Å². The highest BCUT2D eigenvalue weighted by molar-refractivity contribution is 6.02. The molecule has 0 atom stereocenters. The number of aliphatic hydroxyl groups excluding tert-OH is 3. The Kier molecular flexibility index (Phi) is 9.27. The van der Waals surface area contributed by atoms with Gasteiger partial charge in [-0.05, 0) is 50.8 Å². The fourth-order valence-corrected chi connectivity index (χ4v) is 2.87. The topological polar surface area (TPSA) is 104 Å². The van der Waals surface area contributed by atoms with Gasteiger partial charge in [0.15, 0.2) is 0 Å². The quantitative estimate of drug-likeness (QED) is 0.641. The summed E-state index contributed by atoms with van der Waals surface area (Å²) >= 11 is 0. The second-order valence-corrected chi connectivity index (χ2v) is 8.47. The Balaban J connectivity index is 0.000000370. The van der Waals surface area contributed by atoms with Gasteiger partial charge >= 0.3 is 0 Å².